The monoisotopic (exact) mass is 675 g/mol. The minimum absolute atomic E-state index is 0.190. The van der Waals surface area contributed by atoms with Crippen molar-refractivity contribution in [1.82, 2.24) is 4.57 Å². The van der Waals surface area contributed by atoms with Gasteiger partial charge in [-0.3, -0.25) is 9.36 Å². The van der Waals surface area contributed by atoms with Crippen molar-refractivity contribution in [2.75, 3.05) is 6.61 Å². The molecular weight excluding hydrogens is 650 g/mol. The number of aromatic nitrogens is 1. The van der Waals surface area contributed by atoms with Gasteiger partial charge in [0.15, 0.2) is 4.80 Å². The Hall–Kier alpha value is -5.04. The Labute approximate surface area is 271 Å². The summed E-state index contributed by atoms with van der Waals surface area (Å²) in [7, 11) is 0. The molecule has 4 aromatic carbocycles. The third-order valence-electron chi connectivity index (χ3n) is 7.26. The van der Waals surface area contributed by atoms with E-state index in [1.807, 2.05) is 103 Å². The Balaban J connectivity index is 1.44. The zero-order chi connectivity index (χ0) is 31.3. The van der Waals surface area contributed by atoms with Crippen molar-refractivity contribution in [1.29, 1.82) is 5.26 Å². The van der Waals surface area contributed by atoms with Gasteiger partial charge < -0.3 is 9.47 Å². The standard InChI is InChI=1S/C36H26BrN3O4S/c1-2-43-35(42)31-32(24-11-5-3-6-12-24)39-36-40(33(31)25-13-7-4-8-14-25)34(41)30(45-36)20-23-17-18-29(28(37)19-23)44-22-27-16-10-9-15-26(27)21-38/h3-20,33H,2,22H2,1H3/b30-20-/t33-/m0/s1. The number of esters is 1. The SMILES string of the molecule is CCOC(=O)C1=C(c2ccccc2)N=c2s/c(=C\c3ccc(OCc4ccccc4C#N)c(Br)c3)c(=O)n2[C@H]1c1ccccc1. The molecule has 7 nitrogen and oxygen atoms in total. The van der Waals surface area contributed by atoms with Crippen molar-refractivity contribution < 1.29 is 14.3 Å². The maximum Gasteiger partial charge on any atom is 0.338 e. The first-order valence-corrected chi connectivity index (χ1v) is 15.8. The van der Waals surface area contributed by atoms with Crippen LogP contribution in [-0.2, 0) is 16.1 Å². The Morgan fingerprint density at radius 2 is 1.73 bits per heavy atom. The van der Waals surface area contributed by atoms with Gasteiger partial charge in [-0.25, -0.2) is 9.79 Å². The maximum atomic E-state index is 14.1. The molecule has 1 aliphatic rings. The van der Waals surface area contributed by atoms with E-state index in [-0.39, 0.29) is 18.8 Å². The number of halogens is 1. The molecule has 1 aromatic heterocycles. The molecule has 0 fully saturated rings. The van der Waals surface area contributed by atoms with E-state index in [4.69, 9.17) is 14.5 Å². The number of rotatable bonds is 8. The van der Waals surface area contributed by atoms with E-state index in [0.29, 0.717) is 36.4 Å². The van der Waals surface area contributed by atoms with Crippen LogP contribution in [0, 0.1) is 11.3 Å². The van der Waals surface area contributed by atoms with E-state index in [1.54, 1.807) is 17.6 Å². The molecule has 0 unspecified atom stereocenters. The topological polar surface area (TPSA) is 93.7 Å². The number of hydrogen-bond acceptors (Lipinski definition) is 7. The van der Waals surface area contributed by atoms with Crippen molar-refractivity contribution in [2.24, 2.45) is 4.99 Å². The number of carbonyl (C=O) groups excluding carboxylic acids is 1. The maximum absolute atomic E-state index is 14.1. The number of thiazole rings is 1. The van der Waals surface area contributed by atoms with E-state index in [2.05, 4.69) is 22.0 Å². The van der Waals surface area contributed by atoms with Gasteiger partial charge in [0, 0.05) is 11.1 Å². The number of hydrogen-bond donors (Lipinski definition) is 0. The summed E-state index contributed by atoms with van der Waals surface area (Å²) >= 11 is 4.86. The van der Waals surface area contributed by atoms with Gasteiger partial charge in [-0.2, -0.15) is 5.26 Å². The Morgan fingerprint density at radius 1 is 1.02 bits per heavy atom. The second-order valence-corrected chi connectivity index (χ2v) is 12.0. The highest BCUT2D eigenvalue weighted by Crippen LogP contribution is 2.35. The zero-order valence-corrected chi connectivity index (χ0v) is 26.5. The highest BCUT2D eigenvalue weighted by molar-refractivity contribution is 9.10. The average molecular weight is 677 g/mol. The van der Waals surface area contributed by atoms with Crippen molar-refractivity contribution in [2.45, 2.75) is 19.6 Å². The second kappa shape index (κ2) is 13.3. The summed E-state index contributed by atoms with van der Waals surface area (Å²) in [6, 6.07) is 33.3. The second-order valence-electron chi connectivity index (χ2n) is 10.1. The molecule has 5 aromatic rings. The van der Waals surface area contributed by atoms with E-state index >= 15 is 0 Å². The van der Waals surface area contributed by atoms with E-state index in [9.17, 15) is 14.9 Å². The third-order valence-corrected chi connectivity index (χ3v) is 8.87. The Morgan fingerprint density at radius 3 is 2.44 bits per heavy atom. The normalized spacial score (nSPS) is 14.3. The summed E-state index contributed by atoms with van der Waals surface area (Å²) < 4.78 is 14.3. The first kappa shape index (κ1) is 30.0. The fourth-order valence-electron chi connectivity index (χ4n) is 5.18. The lowest BCUT2D eigenvalue weighted by Gasteiger charge is -2.25. The van der Waals surface area contributed by atoms with E-state index < -0.39 is 12.0 Å². The number of fused-ring (bicyclic) bond motifs is 1. The number of carbonyl (C=O) groups is 1. The molecule has 45 heavy (non-hydrogen) atoms. The van der Waals surface area contributed by atoms with Crippen LogP contribution >= 0.6 is 27.3 Å². The smallest absolute Gasteiger partial charge is 0.338 e. The molecule has 1 atom stereocenters. The predicted octanol–water partition coefficient (Wildman–Crippen LogP) is 6.15. The summed E-state index contributed by atoms with van der Waals surface area (Å²) in [4.78, 5) is 33.0. The summed E-state index contributed by atoms with van der Waals surface area (Å²) in [5, 5.41) is 9.37. The zero-order valence-electron chi connectivity index (χ0n) is 24.1. The van der Waals surface area contributed by atoms with Gasteiger partial charge in [0.25, 0.3) is 5.56 Å². The number of ether oxygens (including phenoxy) is 2. The lowest BCUT2D eigenvalue weighted by Crippen LogP contribution is -2.39. The van der Waals surface area contributed by atoms with Crippen LogP contribution in [0.25, 0.3) is 11.8 Å². The van der Waals surface area contributed by atoms with Crippen molar-refractivity contribution in [3.63, 3.8) is 0 Å². The molecule has 2 heterocycles. The van der Waals surface area contributed by atoms with Crippen LogP contribution in [0.5, 0.6) is 5.75 Å². The largest absolute Gasteiger partial charge is 0.488 e. The molecule has 0 spiro atoms. The van der Waals surface area contributed by atoms with Crippen LogP contribution in [0.15, 0.2) is 123 Å². The summed E-state index contributed by atoms with van der Waals surface area (Å²) in [5.41, 5.74) is 4.22. The number of nitrogens with zero attached hydrogens (tertiary/aromatic N) is 3. The van der Waals surface area contributed by atoms with Gasteiger partial charge in [0.05, 0.1) is 44.6 Å². The average Bonchev–Trinajstić information content (AvgIpc) is 3.38. The summed E-state index contributed by atoms with van der Waals surface area (Å²) in [6.07, 6.45) is 1.81. The Bertz CT molecular complexity index is 2150. The van der Waals surface area contributed by atoms with Crippen molar-refractivity contribution in [3.8, 4) is 11.8 Å². The first-order valence-electron chi connectivity index (χ1n) is 14.2. The van der Waals surface area contributed by atoms with Crippen LogP contribution < -0.4 is 19.6 Å². The van der Waals surface area contributed by atoms with E-state index in [0.717, 1.165) is 22.3 Å². The van der Waals surface area contributed by atoms with Crippen molar-refractivity contribution >= 4 is 45.0 Å². The summed E-state index contributed by atoms with van der Waals surface area (Å²) in [5.74, 6) is 0.0946. The van der Waals surface area contributed by atoms with Crippen LogP contribution in [0.3, 0.4) is 0 Å². The van der Waals surface area contributed by atoms with Crippen LogP contribution in [0.2, 0.25) is 0 Å². The van der Waals surface area contributed by atoms with Crippen molar-refractivity contribution in [3.05, 3.63) is 161 Å². The quantitative estimate of drug-likeness (QED) is 0.184. The molecule has 6 rings (SSSR count). The summed E-state index contributed by atoms with van der Waals surface area (Å²) in [6.45, 7) is 2.19. The molecule has 0 radical (unpaired) electrons. The lowest BCUT2D eigenvalue weighted by atomic mass is 9.93. The van der Waals surface area contributed by atoms with Crippen LogP contribution in [0.1, 0.15) is 40.8 Å². The van der Waals surface area contributed by atoms with Gasteiger partial charge in [0.1, 0.15) is 12.4 Å². The molecule has 0 N–H and O–H groups in total. The predicted molar refractivity (Wildman–Crippen MR) is 177 cm³/mol. The Kier molecular flexibility index (Phi) is 8.87. The van der Waals surface area contributed by atoms with E-state index in [1.165, 1.54) is 11.3 Å². The third kappa shape index (κ3) is 6.16. The van der Waals surface area contributed by atoms with Gasteiger partial charge in [-0.15, -0.1) is 0 Å². The molecule has 222 valence electrons. The van der Waals surface area contributed by atoms with Gasteiger partial charge in [-0.1, -0.05) is 96.3 Å². The number of benzene rings is 4. The van der Waals surface area contributed by atoms with Gasteiger partial charge in [-0.05, 0) is 58.3 Å². The molecule has 0 aliphatic carbocycles. The highest BCUT2D eigenvalue weighted by atomic mass is 79.9. The van der Waals surface area contributed by atoms with Gasteiger partial charge >= 0.3 is 5.97 Å². The first-order chi connectivity index (χ1) is 22.0. The minimum atomic E-state index is -0.724. The molecule has 0 amide bonds. The lowest BCUT2D eigenvalue weighted by molar-refractivity contribution is -0.138. The van der Waals surface area contributed by atoms with Crippen LogP contribution in [-0.4, -0.2) is 17.1 Å². The molecular formula is C36H26BrN3O4S. The molecule has 0 saturated carbocycles. The fraction of sp³-hybridized carbons (Fsp3) is 0.111. The van der Waals surface area contributed by atoms with Crippen LogP contribution in [0.4, 0.5) is 0 Å². The van der Waals surface area contributed by atoms with Gasteiger partial charge in [0.2, 0.25) is 0 Å². The minimum Gasteiger partial charge on any atom is -0.488 e. The molecule has 9 heteroatoms. The molecule has 0 bridgehead atoms. The highest BCUT2D eigenvalue weighted by Gasteiger charge is 2.35. The number of nitriles is 1. The molecule has 1 aliphatic heterocycles. The fourth-order valence-corrected chi connectivity index (χ4v) is 6.69. The molecule has 0 saturated heterocycles.